The lowest BCUT2D eigenvalue weighted by molar-refractivity contribution is 0.609. The number of benzene rings is 1. The summed E-state index contributed by atoms with van der Waals surface area (Å²) in [4.78, 5) is 3.96. The Morgan fingerprint density at radius 1 is 1.35 bits per heavy atom. The van der Waals surface area contributed by atoms with Crippen LogP contribution in [0.5, 0.6) is 0 Å². The molecule has 1 aliphatic carbocycles. The van der Waals surface area contributed by atoms with Gasteiger partial charge in [-0.2, -0.15) is 5.10 Å². The van der Waals surface area contributed by atoms with Gasteiger partial charge in [-0.15, -0.1) is 0 Å². The van der Waals surface area contributed by atoms with Crippen molar-refractivity contribution in [2.75, 3.05) is 0 Å². The van der Waals surface area contributed by atoms with Crippen molar-refractivity contribution in [3.63, 3.8) is 0 Å². The van der Waals surface area contributed by atoms with Gasteiger partial charge in [0.2, 0.25) is 0 Å². The molecule has 17 heavy (non-hydrogen) atoms. The molecule has 0 atom stereocenters. The monoisotopic (exact) mass is 228 g/mol. The molecule has 0 aliphatic heterocycles. The summed E-state index contributed by atoms with van der Waals surface area (Å²) in [7, 11) is 0. The Kier molecular flexibility index (Phi) is 2.44. The lowest BCUT2D eigenvalue weighted by Gasteiger charge is -2.09. The highest BCUT2D eigenvalue weighted by atomic mass is 15.3. The molecule has 0 spiro atoms. The first-order chi connectivity index (χ1) is 8.25. The molecule has 0 bridgehead atoms. The van der Waals surface area contributed by atoms with Crippen molar-refractivity contribution in [3.8, 4) is 5.69 Å². The summed E-state index contributed by atoms with van der Waals surface area (Å²) in [6, 6.07) is 8.39. The van der Waals surface area contributed by atoms with E-state index in [2.05, 4.69) is 28.3 Å². The molecule has 1 saturated carbocycles. The van der Waals surface area contributed by atoms with Gasteiger partial charge >= 0.3 is 0 Å². The summed E-state index contributed by atoms with van der Waals surface area (Å²) in [5, 5.41) is 4.13. The van der Waals surface area contributed by atoms with Crippen molar-refractivity contribution in [3.05, 3.63) is 42.5 Å². The first-order valence-corrected chi connectivity index (χ1v) is 5.98. The summed E-state index contributed by atoms with van der Waals surface area (Å²) in [6.07, 6.45) is 7.73. The molecule has 0 radical (unpaired) electrons. The Labute approximate surface area is 100 Å². The first-order valence-electron chi connectivity index (χ1n) is 5.98. The van der Waals surface area contributed by atoms with Crippen molar-refractivity contribution in [2.45, 2.75) is 31.2 Å². The molecule has 1 fully saturated rings. The van der Waals surface area contributed by atoms with Crippen molar-refractivity contribution in [1.29, 1.82) is 0 Å². The Morgan fingerprint density at radius 3 is 2.94 bits per heavy atom. The number of nitrogens with two attached hydrogens (primary N) is 1. The summed E-state index contributed by atoms with van der Waals surface area (Å²) in [6.45, 7) is 0. The molecule has 1 aromatic heterocycles. The van der Waals surface area contributed by atoms with Crippen molar-refractivity contribution < 1.29 is 0 Å². The predicted octanol–water partition coefficient (Wildman–Crippen LogP) is 1.69. The van der Waals surface area contributed by atoms with Gasteiger partial charge in [0.05, 0.1) is 5.69 Å². The zero-order chi connectivity index (χ0) is 11.7. The number of rotatable bonds is 4. The lowest BCUT2D eigenvalue weighted by Crippen LogP contribution is -2.22. The Hall–Kier alpha value is -1.68. The van der Waals surface area contributed by atoms with Gasteiger partial charge in [0.25, 0.3) is 0 Å². The number of hydrogen-bond donors (Lipinski definition) is 1. The second-order valence-electron chi connectivity index (χ2n) is 4.87. The van der Waals surface area contributed by atoms with Crippen LogP contribution in [0.1, 0.15) is 24.8 Å². The first kappa shape index (κ1) is 10.5. The largest absolute Gasteiger partial charge is 0.325 e. The van der Waals surface area contributed by atoms with Crippen LogP contribution in [0.25, 0.3) is 5.69 Å². The van der Waals surface area contributed by atoms with Gasteiger partial charge in [-0.05, 0) is 43.4 Å². The number of aromatic nitrogens is 3. The van der Waals surface area contributed by atoms with Crippen LogP contribution in [0.4, 0.5) is 0 Å². The second kappa shape index (κ2) is 3.96. The molecule has 3 rings (SSSR count). The van der Waals surface area contributed by atoms with E-state index in [4.69, 9.17) is 5.73 Å². The van der Waals surface area contributed by atoms with Gasteiger partial charge < -0.3 is 5.73 Å². The molecule has 2 aromatic rings. The van der Waals surface area contributed by atoms with Crippen LogP contribution in [0.3, 0.4) is 0 Å². The minimum absolute atomic E-state index is 0.128. The average molecular weight is 228 g/mol. The van der Waals surface area contributed by atoms with E-state index < -0.39 is 0 Å². The van der Waals surface area contributed by atoms with Crippen LogP contribution < -0.4 is 5.73 Å². The third kappa shape index (κ3) is 2.36. The molecule has 1 aliphatic rings. The van der Waals surface area contributed by atoms with Crippen molar-refractivity contribution in [2.24, 2.45) is 5.73 Å². The zero-order valence-electron chi connectivity index (χ0n) is 9.71. The summed E-state index contributed by atoms with van der Waals surface area (Å²) in [5.41, 5.74) is 8.60. The van der Waals surface area contributed by atoms with E-state index in [0.29, 0.717) is 0 Å². The van der Waals surface area contributed by atoms with Crippen molar-refractivity contribution in [1.82, 2.24) is 14.8 Å². The van der Waals surface area contributed by atoms with Crippen LogP contribution in [-0.2, 0) is 6.42 Å². The van der Waals surface area contributed by atoms with Gasteiger partial charge in [0.1, 0.15) is 12.7 Å². The number of hydrogen-bond acceptors (Lipinski definition) is 3. The van der Waals surface area contributed by atoms with E-state index in [-0.39, 0.29) is 5.54 Å². The number of nitrogens with zero attached hydrogens (tertiary/aromatic N) is 3. The van der Waals surface area contributed by atoms with E-state index in [0.717, 1.165) is 18.5 Å². The van der Waals surface area contributed by atoms with Crippen LogP contribution in [0.15, 0.2) is 36.9 Å². The standard InChI is InChI=1S/C13H16N4/c14-13(6-7-13)5-4-11-2-1-3-12(8-11)17-10-15-9-16-17/h1-3,8-10H,4-7,14H2. The van der Waals surface area contributed by atoms with Gasteiger partial charge in [0, 0.05) is 5.54 Å². The Balaban J connectivity index is 1.75. The second-order valence-corrected chi connectivity index (χ2v) is 4.87. The molecule has 4 nitrogen and oxygen atoms in total. The Bertz CT molecular complexity index is 500. The van der Waals surface area contributed by atoms with Crippen LogP contribution in [-0.4, -0.2) is 20.3 Å². The third-order valence-corrected chi connectivity index (χ3v) is 3.40. The molecule has 4 heteroatoms. The van der Waals surface area contributed by atoms with Gasteiger partial charge in [-0.25, -0.2) is 9.67 Å². The molecule has 2 N–H and O–H groups in total. The third-order valence-electron chi connectivity index (χ3n) is 3.40. The SMILES string of the molecule is NC1(CCc2cccc(-n3cncn3)c2)CC1. The normalized spacial score (nSPS) is 17.0. The quantitative estimate of drug-likeness (QED) is 0.866. The highest BCUT2D eigenvalue weighted by Gasteiger charge is 2.37. The average Bonchev–Trinajstić information content (AvgIpc) is 2.88. The van der Waals surface area contributed by atoms with Gasteiger partial charge in [-0.3, -0.25) is 0 Å². The predicted molar refractivity (Wildman–Crippen MR) is 65.8 cm³/mol. The molecular weight excluding hydrogens is 212 g/mol. The summed E-state index contributed by atoms with van der Waals surface area (Å²) < 4.78 is 1.78. The van der Waals surface area contributed by atoms with Gasteiger partial charge in [0.15, 0.2) is 0 Å². The highest BCUT2D eigenvalue weighted by Crippen LogP contribution is 2.36. The van der Waals surface area contributed by atoms with Crippen LogP contribution in [0.2, 0.25) is 0 Å². The summed E-state index contributed by atoms with van der Waals surface area (Å²) >= 11 is 0. The highest BCUT2D eigenvalue weighted by molar-refractivity contribution is 5.34. The molecule has 1 aromatic carbocycles. The molecular formula is C13H16N4. The fraction of sp³-hybridized carbons (Fsp3) is 0.385. The fourth-order valence-electron chi connectivity index (χ4n) is 2.00. The molecule has 88 valence electrons. The van der Waals surface area contributed by atoms with E-state index in [1.807, 2.05) is 6.07 Å². The van der Waals surface area contributed by atoms with E-state index in [9.17, 15) is 0 Å². The smallest absolute Gasteiger partial charge is 0.138 e. The van der Waals surface area contributed by atoms with E-state index in [1.165, 1.54) is 18.4 Å². The minimum Gasteiger partial charge on any atom is -0.325 e. The van der Waals surface area contributed by atoms with E-state index >= 15 is 0 Å². The Morgan fingerprint density at radius 2 is 2.24 bits per heavy atom. The maximum Gasteiger partial charge on any atom is 0.138 e. The topological polar surface area (TPSA) is 56.7 Å². The molecule has 1 heterocycles. The molecule has 0 unspecified atom stereocenters. The van der Waals surface area contributed by atoms with E-state index in [1.54, 1.807) is 17.3 Å². The van der Waals surface area contributed by atoms with Crippen LogP contribution in [0, 0.1) is 0 Å². The lowest BCUT2D eigenvalue weighted by atomic mass is 10.0. The maximum atomic E-state index is 6.10. The number of aryl methyl sites for hydroxylation is 1. The summed E-state index contributed by atoms with van der Waals surface area (Å²) in [5.74, 6) is 0. The minimum atomic E-state index is 0.128. The van der Waals surface area contributed by atoms with Gasteiger partial charge in [-0.1, -0.05) is 12.1 Å². The maximum absolute atomic E-state index is 6.10. The molecule has 0 amide bonds. The van der Waals surface area contributed by atoms with Crippen molar-refractivity contribution >= 4 is 0 Å². The molecule has 0 saturated heterocycles. The van der Waals surface area contributed by atoms with Crippen LogP contribution >= 0.6 is 0 Å². The fourth-order valence-corrected chi connectivity index (χ4v) is 2.00. The zero-order valence-corrected chi connectivity index (χ0v) is 9.71.